The van der Waals surface area contributed by atoms with Gasteiger partial charge in [0.2, 0.25) is 5.88 Å². The molecule has 0 saturated carbocycles. The third kappa shape index (κ3) is 3.97. The van der Waals surface area contributed by atoms with E-state index < -0.39 is 30.2 Å². The second-order valence-corrected chi connectivity index (χ2v) is 5.54. The van der Waals surface area contributed by atoms with Crippen molar-refractivity contribution in [2.75, 3.05) is 18.0 Å². The van der Waals surface area contributed by atoms with E-state index in [1.54, 1.807) is 4.90 Å². The van der Waals surface area contributed by atoms with Crippen LogP contribution in [0.15, 0.2) is 36.8 Å². The summed E-state index contributed by atoms with van der Waals surface area (Å²) < 4.78 is 43.6. The predicted molar refractivity (Wildman–Crippen MR) is 79.9 cm³/mol. The SMILES string of the molecule is O[C@@H]1[C@@H](Oc2cccc(C(F)(F)F)n2)CN(c2cnccn2)C[C@@H]1O. The summed E-state index contributed by atoms with van der Waals surface area (Å²) in [4.78, 5) is 13.1. The Bertz CT molecular complexity index is 717. The van der Waals surface area contributed by atoms with Crippen LogP contribution in [0.5, 0.6) is 5.88 Å². The smallest absolute Gasteiger partial charge is 0.433 e. The summed E-state index contributed by atoms with van der Waals surface area (Å²) in [5, 5.41) is 20.1. The van der Waals surface area contributed by atoms with E-state index in [1.165, 1.54) is 24.7 Å². The number of piperidine rings is 1. The van der Waals surface area contributed by atoms with Crippen LogP contribution in [0, 0.1) is 0 Å². The summed E-state index contributed by atoms with van der Waals surface area (Å²) in [6.07, 6.45) is -3.59. The molecule has 1 saturated heterocycles. The molecular formula is C15H15F3N4O3. The summed E-state index contributed by atoms with van der Waals surface area (Å²) in [7, 11) is 0. The molecule has 0 spiro atoms. The van der Waals surface area contributed by atoms with Crippen LogP contribution in [0.25, 0.3) is 0 Å². The number of β-amino-alcohol motifs (C(OH)–C–C–N with tert-alkyl or cyclic N) is 1. The molecule has 3 atom stereocenters. The zero-order chi connectivity index (χ0) is 18.0. The largest absolute Gasteiger partial charge is 0.470 e. The van der Waals surface area contributed by atoms with Crippen molar-refractivity contribution in [1.29, 1.82) is 0 Å². The van der Waals surface area contributed by atoms with Crippen molar-refractivity contribution in [3.05, 3.63) is 42.5 Å². The number of rotatable bonds is 3. The van der Waals surface area contributed by atoms with Crippen LogP contribution >= 0.6 is 0 Å². The minimum atomic E-state index is -4.60. The van der Waals surface area contributed by atoms with Crippen LogP contribution in [-0.2, 0) is 6.18 Å². The molecule has 1 fully saturated rings. The van der Waals surface area contributed by atoms with Crippen LogP contribution in [0.2, 0.25) is 0 Å². The topological polar surface area (TPSA) is 91.6 Å². The van der Waals surface area contributed by atoms with Crippen LogP contribution in [0.3, 0.4) is 0 Å². The van der Waals surface area contributed by atoms with Crippen molar-refractivity contribution in [3.8, 4) is 5.88 Å². The lowest BCUT2D eigenvalue weighted by molar-refractivity contribution is -0.141. The molecule has 2 aromatic rings. The van der Waals surface area contributed by atoms with Crippen molar-refractivity contribution >= 4 is 5.82 Å². The lowest BCUT2D eigenvalue weighted by Crippen LogP contribution is -2.57. The van der Waals surface area contributed by atoms with Gasteiger partial charge in [-0.2, -0.15) is 13.2 Å². The molecule has 134 valence electrons. The molecule has 1 aliphatic heterocycles. The summed E-state index contributed by atoms with van der Waals surface area (Å²) in [5.41, 5.74) is -1.10. The Kier molecular flexibility index (Phi) is 4.73. The van der Waals surface area contributed by atoms with Gasteiger partial charge in [0.15, 0.2) is 0 Å². The maximum atomic E-state index is 12.7. The maximum Gasteiger partial charge on any atom is 0.433 e. The second kappa shape index (κ2) is 6.81. The van der Waals surface area contributed by atoms with Gasteiger partial charge in [0.1, 0.15) is 29.8 Å². The first kappa shape index (κ1) is 17.4. The maximum absolute atomic E-state index is 12.7. The van der Waals surface area contributed by atoms with Gasteiger partial charge in [-0.3, -0.25) is 4.98 Å². The normalized spacial score (nSPS) is 24.2. The highest BCUT2D eigenvalue weighted by atomic mass is 19.4. The number of ether oxygens (including phenoxy) is 1. The van der Waals surface area contributed by atoms with Crippen LogP contribution in [0.4, 0.5) is 19.0 Å². The van der Waals surface area contributed by atoms with Gasteiger partial charge in [-0.15, -0.1) is 0 Å². The van der Waals surface area contributed by atoms with Crippen molar-refractivity contribution in [1.82, 2.24) is 15.0 Å². The number of pyridine rings is 1. The third-order valence-corrected chi connectivity index (χ3v) is 3.74. The highest BCUT2D eigenvalue weighted by Crippen LogP contribution is 2.29. The van der Waals surface area contributed by atoms with Gasteiger partial charge in [0.05, 0.1) is 12.7 Å². The number of halogens is 3. The van der Waals surface area contributed by atoms with Gasteiger partial charge in [-0.05, 0) is 6.07 Å². The molecule has 3 rings (SSSR count). The molecule has 1 aliphatic rings. The minimum absolute atomic E-state index is 0.0930. The van der Waals surface area contributed by atoms with E-state index >= 15 is 0 Å². The Hall–Kier alpha value is -2.46. The summed E-state index contributed by atoms with van der Waals surface area (Å²) in [6, 6.07) is 3.25. The Morgan fingerprint density at radius 3 is 2.64 bits per heavy atom. The average molecular weight is 356 g/mol. The highest BCUT2D eigenvalue weighted by molar-refractivity contribution is 5.37. The lowest BCUT2D eigenvalue weighted by atomic mass is 10.0. The van der Waals surface area contributed by atoms with Crippen molar-refractivity contribution in [2.24, 2.45) is 0 Å². The summed E-state index contributed by atoms with van der Waals surface area (Å²) in [5.74, 6) is 0.172. The second-order valence-electron chi connectivity index (χ2n) is 5.54. The van der Waals surface area contributed by atoms with Gasteiger partial charge in [-0.1, -0.05) is 6.07 Å². The Labute approximate surface area is 140 Å². The van der Waals surface area contributed by atoms with Crippen LogP contribution < -0.4 is 9.64 Å². The summed E-state index contributed by atoms with van der Waals surface area (Å²) >= 11 is 0. The van der Waals surface area contributed by atoms with Gasteiger partial charge in [-0.25, -0.2) is 9.97 Å². The third-order valence-electron chi connectivity index (χ3n) is 3.74. The molecule has 10 heteroatoms. The molecule has 7 nitrogen and oxygen atoms in total. The highest BCUT2D eigenvalue weighted by Gasteiger charge is 2.38. The Balaban J connectivity index is 1.78. The molecule has 3 heterocycles. The average Bonchev–Trinajstić information content (AvgIpc) is 2.59. The quantitative estimate of drug-likeness (QED) is 0.843. The Morgan fingerprint density at radius 2 is 1.96 bits per heavy atom. The number of anilines is 1. The van der Waals surface area contributed by atoms with Crippen LogP contribution in [-0.4, -0.2) is 56.6 Å². The monoisotopic (exact) mass is 356 g/mol. The van der Waals surface area contributed by atoms with Gasteiger partial charge < -0.3 is 19.8 Å². The zero-order valence-corrected chi connectivity index (χ0v) is 12.8. The number of nitrogens with zero attached hydrogens (tertiary/aromatic N) is 4. The lowest BCUT2D eigenvalue weighted by Gasteiger charge is -2.39. The first-order valence-corrected chi connectivity index (χ1v) is 7.42. The first-order valence-electron chi connectivity index (χ1n) is 7.42. The van der Waals surface area contributed by atoms with Crippen molar-refractivity contribution in [2.45, 2.75) is 24.5 Å². The molecular weight excluding hydrogens is 341 g/mol. The van der Waals surface area contributed by atoms with Gasteiger partial charge in [0.25, 0.3) is 0 Å². The molecule has 2 N–H and O–H groups in total. The fraction of sp³-hybridized carbons (Fsp3) is 0.400. The van der Waals surface area contributed by atoms with E-state index in [1.807, 2.05) is 0 Å². The van der Waals surface area contributed by atoms with Crippen LogP contribution in [0.1, 0.15) is 5.69 Å². The number of aromatic nitrogens is 3. The molecule has 0 bridgehead atoms. The van der Waals surface area contributed by atoms with E-state index in [0.717, 1.165) is 12.1 Å². The molecule has 25 heavy (non-hydrogen) atoms. The van der Waals surface area contributed by atoms with Gasteiger partial charge >= 0.3 is 6.18 Å². The zero-order valence-electron chi connectivity index (χ0n) is 12.8. The Morgan fingerprint density at radius 1 is 1.16 bits per heavy atom. The number of aliphatic hydroxyl groups excluding tert-OH is 2. The molecule has 2 aromatic heterocycles. The van der Waals surface area contributed by atoms with E-state index in [2.05, 4.69) is 15.0 Å². The number of alkyl halides is 3. The van der Waals surface area contributed by atoms with E-state index in [9.17, 15) is 23.4 Å². The number of hydrogen-bond donors (Lipinski definition) is 2. The molecule has 0 aliphatic carbocycles. The number of aliphatic hydroxyl groups is 2. The molecule has 0 aromatic carbocycles. The standard InChI is InChI=1S/C15H15F3N4O3/c16-15(17,18)11-2-1-3-13(21-11)25-10-8-22(7-9(23)14(10)24)12-6-19-4-5-20-12/h1-6,9-10,14,23-24H,7-8H2/t9-,10-,14-/m0/s1. The van der Waals surface area contributed by atoms with Crippen molar-refractivity contribution in [3.63, 3.8) is 0 Å². The molecule has 0 unspecified atom stereocenters. The van der Waals surface area contributed by atoms with E-state index in [4.69, 9.17) is 4.74 Å². The molecule has 0 amide bonds. The fourth-order valence-corrected chi connectivity index (χ4v) is 2.52. The number of hydrogen-bond acceptors (Lipinski definition) is 7. The van der Waals surface area contributed by atoms with E-state index in [0.29, 0.717) is 5.82 Å². The summed E-state index contributed by atoms with van der Waals surface area (Å²) in [6.45, 7) is 0.199. The fourth-order valence-electron chi connectivity index (χ4n) is 2.52. The van der Waals surface area contributed by atoms with E-state index in [-0.39, 0.29) is 19.0 Å². The molecule has 0 radical (unpaired) electrons. The van der Waals surface area contributed by atoms with Gasteiger partial charge in [0, 0.05) is 25.0 Å². The minimum Gasteiger partial charge on any atom is -0.470 e. The predicted octanol–water partition coefficient (Wildman–Crippen LogP) is 0.880. The van der Waals surface area contributed by atoms with Crippen molar-refractivity contribution < 1.29 is 28.1 Å². The first-order chi connectivity index (χ1) is 11.8.